The summed E-state index contributed by atoms with van der Waals surface area (Å²) in [7, 11) is 0. The number of ether oxygens (including phenoxy) is 4. The van der Waals surface area contributed by atoms with Gasteiger partial charge in [-0.15, -0.1) is 11.8 Å². The van der Waals surface area contributed by atoms with Crippen LogP contribution in [0.15, 0.2) is 65.6 Å². The van der Waals surface area contributed by atoms with Crippen molar-refractivity contribution < 1.29 is 28.5 Å². The maximum Gasteiger partial charge on any atom is 0.257 e. The number of carbonyl (C=O) groups is 2. The van der Waals surface area contributed by atoms with Crippen molar-refractivity contribution in [3.8, 4) is 23.0 Å². The molecule has 0 spiro atoms. The van der Waals surface area contributed by atoms with Crippen LogP contribution in [0.2, 0.25) is 0 Å². The van der Waals surface area contributed by atoms with E-state index in [0.29, 0.717) is 53.2 Å². The van der Waals surface area contributed by atoms with E-state index in [2.05, 4.69) is 10.6 Å². The molecule has 2 aliphatic heterocycles. The van der Waals surface area contributed by atoms with E-state index in [-0.39, 0.29) is 24.4 Å². The average Bonchev–Trinajstić information content (AvgIpc) is 3.31. The van der Waals surface area contributed by atoms with Crippen molar-refractivity contribution in [1.29, 1.82) is 0 Å². The molecule has 8 nitrogen and oxygen atoms in total. The minimum atomic E-state index is -0.343. The Morgan fingerprint density at radius 1 is 0.788 bits per heavy atom. The Morgan fingerprint density at radius 3 is 2.42 bits per heavy atom. The highest BCUT2D eigenvalue weighted by Gasteiger charge is 2.17. The Balaban J connectivity index is 1.22. The van der Waals surface area contributed by atoms with Crippen LogP contribution < -0.4 is 29.6 Å². The zero-order valence-corrected chi connectivity index (χ0v) is 18.3. The highest BCUT2D eigenvalue weighted by molar-refractivity contribution is 8.00. The highest BCUT2D eigenvalue weighted by Crippen LogP contribution is 2.35. The van der Waals surface area contributed by atoms with Gasteiger partial charge in [0, 0.05) is 16.6 Å². The first-order valence-electron chi connectivity index (χ1n) is 10.3. The van der Waals surface area contributed by atoms with Crippen LogP contribution in [0.1, 0.15) is 10.4 Å². The Morgan fingerprint density at radius 2 is 1.52 bits per heavy atom. The lowest BCUT2D eigenvalue weighted by Crippen LogP contribution is -2.19. The van der Waals surface area contributed by atoms with Crippen molar-refractivity contribution in [2.75, 3.05) is 36.4 Å². The predicted octanol–water partition coefficient (Wildman–Crippen LogP) is 4.17. The van der Waals surface area contributed by atoms with Gasteiger partial charge in [0.2, 0.25) is 12.7 Å². The monoisotopic (exact) mass is 464 g/mol. The van der Waals surface area contributed by atoms with Crippen LogP contribution >= 0.6 is 11.8 Å². The normalized spacial score (nSPS) is 13.3. The van der Waals surface area contributed by atoms with Gasteiger partial charge in [-0.2, -0.15) is 0 Å². The van der Waals surface area contributed by atoms with Gasteiger partial charge < -0.3 is 29.6 Å². The summed E-state index contributed by atoms with van der Waals surface area (Å²) in [6.07, 6.45) is 0. The Bertz CT molecular complexity index is 1220. The molecular weight excluding hydrogens is 444 g/mol. The largest absolute Gasteiger partial charge is 0.486 e. The van der Waals surface area contributed by atoms with Crippen molar-refractivity contribution >= 4 is 35.0 Å². The van der Waals surface area contributed by atoms with Crippen molar-refractivity contribution in [1.82, 2.24) is 0 Å². The van der Waals surface area contributed by atoms with Crippen molar-refractivity contribution in [2.24, 2.45) is 0 Å². The molecule has 5 rings (SSSR count). The van der Waals surface area contributed by atoms with Crippen LogP contribution in [-0.4, -0.2) is 37.6 Å². The Kier molecular flexibility index (Phi) is 5.95. The topological polar surface area (TPSA) is 95.1 Å². The fourth-order valence-corrected chi connectivity index (χ4v) is 4.14. The highest BCUT2D eigenvalue weighted by atomic mass is 32.2. The first kappa shape index (κ1) is 21.0. The number of fused-ring (bicyclic) bond motifs is 2. The van der Waals surface area contributed by atoms with Crippen LogP contribution in [0, 0.1) is 0 Å². The number of hydrogen-bond acceptors (Lipinski definition) is 7. The molecular formula is C24H20N2O6S. The van der Waals surface area contributed by atoms with Gasteiger partial charge in [0.15, 0.2) is 23.0 Å². The zero-order chi connectivity index (χ0) is 22.6. The minimum absolute atomic E-state index is 0.159. The van der Waals surface area contributed by atoms with E-state index >= 15 is 0 Å². The SMILES string of the molecule is O=C(CSc1ccc2c(c1)OCCO2)Nc1ccccc1C(=O)Nc1ccc2c(c1)OCO2. The Hall–Kier alpha value is -3.85. The van der Waals surface area contributed by atoms with Crippen LogP contribution in [0.4, 0.5) is 11.4 Å². The van der Waals surface area contributed by atoms with Gasteiger partial charge in [0.1, 0.15) is 13.2 Å². The van der Waals surface area contributed by atoms with E-state index < -0.39 is 0 Å². The number of para-hydroxylation sites is 1. The molecule has 0 atom stereocenters. The maximum absolute atomic E-state index is 12.9. The fraction of sp³-hybridized carbons (Fsp3) is 0.167. The number of benzene rings is 3. The minimum Gasteiger partial charge on any atom is -0.486 e. The number of amides is 2. The summed E-state index contributed by atoms with van der Waals surface area (Å²) in [4.78, 5) is 26.3. The summed E-state index contributed by atoms with van der Waals surface area (Å²) in [6, 6.07) is 17.6. The summed E-state index contributed by atoms with van der Waals surface area (Å²) in [5.74, 6) is 2.21. The quantitative estimate of drug-likeness (QED) is 0.529. The first-order valence-corrected chi connectivity index (χ1v) is 11.3. The molecule has 2 heterocycles. The molecule has 0 aromatic heterocycles. The smallest absolute Gasteiger partial charge is 0.257 e. The number of nitrogens with one attached hydrogen (secondary N) is 2. The molecule has 9 heteroatoms. The van der Waals surface area contributed by atoms with Crippen LogP contribution in [0.25, 0.3) is 0 Å². The molecule has 3 aromatic carbocycles. The molecule has 0 aliphatic carbocycles. The molecule has 2 N–H and O–H groups in total. The van der Waals surface area contributed by atoms with E-state index in [1.54, 1.807) is 42.5 Å². The lowest BCUT2D eigenvalue weighted by atomic mass is 10.1. The zero-order valence-electron chi connectivity index (χ0n) is 17.5. The molecule has 0 bridgehead atoms. The van der Waals surface area contributed by atoms with E-state index in [1.165, 1.54) is 11.8 Å². The van der Waals surface area contributed by atoms with E-state index in [9.17, 15) is 9.59 Å². The molecule has 0 unspecified atom stereocenters. The molecule has 2 amide bonds. The van der Waals surface area contributed by atoms with Crippen LogP contribution in [-0.2, 0) is 4.79 Å². The third kappa shape index (κ3) is 4.83. The number of hydrogen-bond donors (Lipinski definition) is 2. The summed E-state index contributed by atoms with van der Waals surface area (Å²) < 4.78 is 21.7. The number of rotatable bonds is 6. The number of thioether (sulfide) groups is 1. The van der Waals surface area contributed by atoms with Gasteiger partial charge in [0.05, 0.1) is 17.0 Å². The molecule has 33 heavy (non-hydrogen) atoms. The maximum atomic E-state index is 12.9. The summed E-state index contributed by atoms with van der Waals surface area (Å²) in [5, 5.41) is 5.66. The van der Waals surface area contributed by atoms with Crippen LogP contribution in [0.3, 0.4) is 0 Å². The van der Waals surface area contributed by atoms with Crippen molar-refractivity contribution in [2.45, 2.75) is 4.90 Å². The summed E-state index contributed by atoms with van der Waals surface area (Å²) in [6.45, 7) is 1.20. The lowest BCUT2D eigenvalue weighted by Gasteiger charge is -2.18. The van der Waals surface area contributed by atoms with Gasteiger partial charge in [-0.25, -0.2) is 0 Å². The standard InChI is InChI=1S/C24H20N2O6S/c27-23(13-33-16-6-8-19-22(12-16)30-10-9-29-19)26-18-4-2-1-3-17(18)24(28)25-15-5-7-20-21(11-15)32-14-31-20/h1-8,11-12H,9-10,13-14H2,(H,25,28)(H,26,27). The molecule has 3 aromatic rings. The molecule has 0 saturated heterocycles. The molecule has 2 aliphatic rings. The summed E-state index contributed by atoms with van der Waals surface area (Å²) in [5.41, 5.74) is 1.36. The van der Waals surface area contributed by atoms with Crippen LogP contribution in [0.5, 0.6) is 23.0 Å². The summed E-state index contributed by atoms with van der Waals surface area (Å²) >= 11 is 1.37. The van der Waals surface area contributed by atoms with Gasteiger partial charge >= 0.3 is 0 Å². The molecule has 0 fully saturated rings. The van der Waals surface area contributed by atoms with E-state index in [4.69, 9.17) is 18.9 Å². The van der Waals surface area contributed by atoms with Crippen molar-refractivity contribution in [3.63, 3.8) is 0 Å². The third-order valence-electron chi connectivity index (χ3n) is 4.96. The second-order valence-electron chi connectivity index (χ2n) is 7.21. The lowest BCUT2D eigenvalue weighted by molar-refractivity contribution is -0.113. The van der Waals surface area contributed by atoms with Gasteiger partial charge in [-0.3, -0.25) is 9.59 Å². The fourth-order valence-electron chi connectivity index (χ4n) is 3.41. The van der Waals surface area contributed by atoms with Gasteiger partial charge in [0.25, 0.3) is 5.91 Å². The van der Waals surface area contributed by atoms with Gasteiger partial charge in [-0.05, 0) is 42.5 Å². The van der Waals surface area contributed by atoms with E-state index in [0.717, 1.165) is 4.90 Å². The molecule has 0 saturated carbocycles. The Labute approximate surface area is 194 Å². The molecule has 0 radical (unpaired) electrons. The van der Waals surface area contributed by atoms with Crippen molar-refractivity contribution in [3.05, 3.63) is 66.2 Å². The second-order valence-corrected chi connectivity index (χ2v) is 8.26. The number of anilines is 2. The van der Waals surface area contributed by atoms with Gasteiger partial charge in [-0.1, -0.05) is 12.1 Å². The predicted molar refractivity (Wildman–Crippen MR) is 124 cm³/mol. The molecule has 168 valence electrons. The first-order chi connectivity index (χ1) is 16.2. The number of carbonyl (C=O) groups excluding carboxylic acids is 2. The average molecular weight is 464 g/mol. The third-order valence-corrected chi connectivity index (χ3v) is 5.95. The van der Waals surface area contributed by atoms with E-state index in [1.807, 2.05) is 18.2 Å². The second kappa shape index (κ2) is 9.33.